The number of hydrogen-bond acceptors (Lipinski definition) is 2. The molecule has 0 bridgehead atoms. The van der Waals surface area contributed by atoms with E-state index in [9.17, 15) is 0 Å². The second-order valence-electron chi connectivity index (χ2n) is 3.61. The molecule has 84 valence electrons. The Labute approximate surface area is 96.2 Å². The molecule has 0 radical (unpaired) electrons. The first-order valence-corrected chi connectivity index (χ1v) is 5.81. The first-order valence-electron chi connectivity index (χ1n) is 5.43. The van der Waals surface area contributed by atoms with Gasteiger partial charge in [-0.2, -0.15) is 5.10 Å². The van der Waals surface area contributed by atoms with E-state index in [2.05, 4.69) is 17.0 Å². The predicted molar refractivity (Wildman–Crippen MR) is 64.8 cm³/mol. The molecule has 3 nitrogen and oxygen atoms in total. The van der Waals surface area contributed by atoms with Crippen molar-refractivity contribution in [3.05, 3.63) is 16.9 Å². The van der Waals surface area contributed by atoms with Crippen LogP contribution < -0.4 is 0 Å². The fourth-order valence-electron chi connectivity index (χ4n) is 1.35. The van der Waals surface area contributed by atoms with Crippen LogP contribution in [-0.4, -0.2) is 22.5 Å². The molecule has 4 heteroatoms. The summed E-state index contributed by atoms with van der Waals surface area (Å²) in [7, 11) is 1.87. The number of aryl methyl sites for hydroxylation is 1. The van der Waals surface area contributed by atoms with Crippen LogP contribution >= 0.6 is 11.6 Å². The van der Waals surface area contributed by atoms with Gasteiger partial charge < -0.3 is 0 Å². The van der Waals surface area contributed by atoms with E-state index in [-0.39, 0.29) is 0 Å². The van der Waals surface area contributed by atoms with Gasteiger partial charge >= 0.3 is 0 Å². The molecule has 0 fully saturated rings. The minimum atomic E-state index is 0.518. The van der Waals surface area contributed by atoms with Crippen LogP contribution in [0.1, 0.15) is 38.3 Å². The highest BCUT2D eigenvalue weighted by atomic mass is 35.5. The van der Waals surface area contributed by atoms with Crippen molar-refractivity contribution in [1.82, 2.24) is 9.78 Å². The second-order valence-corrected chi connectivity index (χ2v) is 4.00. The van der Waals surface area contributed by atoms with Crippen molar-refractivity contribution in [3.63, 3.8) is 0 Å². The maximum absolute atomic E-state index is 5.75. The average Bonchev–Trinajstić information content (AvgIpc) is 2.51. The SMILES string of the molecule is CCCCCCN=Cc1cc(Cl)nn1C. The summed E-state index contributed by atoms with van der Waals surface area (Å²) < 4.78 is 1.73. The molecule has 0 aliphatic rings. The van der Waals surface area contributed by atoms with Gasteiger partial charge in [0.15, 0.2) is 5.15 Å². The van der Waals surface area contributed by atoms with E-state index < -0.39 is 0 Å². The number of aromatic nitrogens is 2. The highest BCUT2D eigenvalue weighted by Gasteiger charge is 1.98. The molecule has 0 saturated heterocycles. The zero-order chi connectivity index (χ0) is 11.1. The first-order chi connectivity index (χ1) is 7.24. The van der Waals surface area contributed by atoms with Gasteiger partial charge in [0.1, 0.15) is 0 Å². The molecule has 0 aromatic carbocycles. The lowest BCUT2D eigenvalue weighted by atomic mass is 10.2. The highest BCUT2D eigenvalue weighted by molar-refractivity contribution is 6.29. The molecule has 15 heavy (non-hydrogen) atoms. The lowest BCUT2D eigenvalue weighted by Crippen LogP contribution is -1.97. The molecule has 0 aliphatic heterocycles. The van der Waals surface area contributed by atoms with Crippen molar-refractivity contribution in [2.45, 2.75) is 32.6 Å². The largest absolute Gasteiger partial charge is 0.291 e. The Hall–Kier alpha value is -0.830. The summed E-state index contributed by atoms with van der Waals surface area (Å²) in [5.41, 5.74) is 0.954. The first kappa shape index (κ1) is 12.2. The van der Waals surface area contributed by atoms with Crippen LogP contribution in [0.2, 0.25) is 5.15 Å². The summed E-state index contributed by atoms with van der Waals surface area (Å²) >= 11 is 5.75. The molecule has 0 N–H and O–H groups in total. The lowest BCUT2D eigenvalue weighted by molar-refractivity contribution is 0.675. The Bertz CT molecular complexity index is 318. The van der Waals surface area contributed by atoms with Crippen molar-refractivity contribution in [2.24, 2.45) is 12.0 Å². The molecular formula is C11H18ClN3. The third-order valence-electron chi connectivity index (χ3n) is 2.25. The molecule has 1 aromatic rings. The Kier molecular flexibility index (Phi) is 5.40. The number of nitrogens with zero attached hydrogens (tertiary/aromatic N) is 3. The van der Waals surface area contributed by atoms with Crippen molar-refractivity contribution in [1.29, 1.82) is 0 Å². The molecule has 0 amide bonds. The fourth-order valence-corrected chi connectivity index (χ4v) is 1.58. The highest BCUT2D eigenvalue weighted by Crippen LogP contribution is 2.06. The van der Waals surface area contributed by atoms with Gasteiger partial charge in [0.25, 0.3) is 0 Å². The monoisotopic (exact) mass is 227 g/mol. The van der Waals surface area contributed by atoms with Gasteiger partial charge in [-0.15, -0.1) is 0 Å². The summed E-state index contributed by atoms with van der Waals surface area (Å²) in [6.07, 6.45) is 6.83. The molecule has 1 heterocycles. The Morgan fingerprint density at radius 3 is 2.87 bits per heavy atom. The van der Waals surface area contributed by atoms with Crippen LogP contribution in [0.15, 0.2) is 11.1 Å². The van der Waals surface area contributed by atoms with Crippen molar-refractivity contribution >= 4 is 17.8 Å². The molecule has 0 atom stereocenters. The number of unbranched alkanes of at least 4 members (excludes halogenated alkanes) is 3. The summed E-state index contributed by atoms with van der Waals surface area (Å²) in [6.45, 7) is 3.10. The van der Waals surface area contributed by atoms with Gasteiger partial charge in [-0.1, -0.05) is 37.8 Å². The van der Waals surface area contributed by atoms with Gasteiger partial charge in [-0.05, 0) is 6.42 Å². The average molecular weight is 228 g/mol. The fraction of sp³-hybridized carbons (Fsp3) is 0.636. The van der Waals surface area contributed by atoms with Crippen LogP contribution in [0.25, 0.3) is 0 Å². The molecule has 0 aliphatic carbocycles. The van der Waals surface area contributed by atoms with Crippen molar-refractivity contribution in [3.8, 4) is 0 Å². The molecular weight excluding hydrogens is 210 g/mol. The zero-order valence-electron chi connectivity index (χ0n) is 9.41. The van der Waals surface area contributed by atoms with E-state index in [1.807, 2.05) is 19.3 Å². The summed E-state index contributed by atoms with van der Waals surface area (Å²) in [5.74, 6) is 0. The maximum atomic E-state index is 5.75. The molecule has 0 spiro atoms. The number of halogens is 1. The summed E-state index contributed by atoms with van der Waals surface area (Å²) in [6, 6.07) is 1.82. The molecule has 0 saturated carbocycles. The normalized spacial score (nSPS) is 11.4. The lowest BCUT2D eigenvalue weighted by Gasteiger charge is -1.95. The molecule has 0 unspecified atom stereocenters. The van der Waals surface area contributed by atoms with E-state index in [1.165, 1.54) is 19.3 Å². The molecule has 1 aromatic heterocycles. The Morgan fingerprint density at radius 2 is 2.27 bits per heavy atom. The minimum Gasteiger partial charge on any atom is -0.291 e. The van der Waals surface area contributed by atoms with Crippen LogP contribution in [0, 0.1) is 0 Å². The Morgan fingerprint density at radius 1 is 1.47 bits per heavy atom. The van der Waals surface area contributed by atoms with E-state index in [1.54, 1.807) is 4.68 Å². The quantitative estimate of drug-likeness (QED) is 0.543. The third-order valence-corrected chi connectivity index (χ3v) is 2.44. The van der Waals surface area contributed by atoms with Gasteiger partial charge in [-0.25, -0.2) is 0 Å². The van der Waals surface area contributed by atoms with Crippen molar-refractivity contribution < 1.29 is 0 Å². The van der Waals surface area contributed by atoms with E-state index in [0.717, 1.165) is 18.7 Å². The zero-order valence-corrected chi connectivity index (χ0v) is 10.2. The van der Waals surface area contributed by atoms with Crippen LogP contribution in [-0.2, 0) is 7.05 Å². The smallest absolute Gasteiger partial charge is 0.151 e. The maximum Gasteiger partial charge on any atom is 0.151 e. The van der Waals surface area contributed by atoms with E-state index in [4.69, 9.17) is 11.6 Å². The molecule has 1 rings (SSSR count). The van der Waals surface area contributed by atoms with Crippen LogP contribution in [0.3, 0.4) is 0 Å². The standard InChI is InChI=1S/C11H18ClN3/c1-3-4-5-6-7-13-9-10-8-11(12)14-15(10)2/h8-9H,3-7H2,1-2H3. The second kappa shape index (κ2) is 6.62. The van der Waals surface area contributed by atoms with Crippen molar-refractivity contribution in [2.75, 3.05) is 6.54 Å². The Balaban J connectivity index is 2.28. The van der Waals surface area contributed by atoms with Crippen LogP contribution in [0.5, 0.6) is 0 Å². The van der Waals surface area contributed by atoms with Gasteiger partial charge in [-0.3, -0.25) is 9.67 Å². The summed E-state index contributed by atoms with van der Waals surface area (Å²) in [5, 5.41) is 4.55. The van der Waals surface area contributed by atoms with Gasteiger partial charge in [0.2, 0.25) is 0 Å². The van der Waals surface area contributed by atoms with Gasteiger partial charge in [0.05, 0.1) is 5.69 Å². The predicted octanol–water partition coefficient (Wildman–Crippen LogP) is 3.07. The van der Waals surface area contributed by atoms with E-state index >= 15 is 0 Å². The number of hydrogen-bond donors (Lipinski definition) is 0. The topological polar surface area (TPSA) is 30.2 Å². The number of rotatable bonds is 6. The summed E-state index contributed by atoms with van der Waals surface area (Å²) in [4.78, 5) is 4.34. The minimum absolute atomic E-state index is 0.518. The van der Waals surface area contributed by atoms with E-state index in [0.29, 0.717) is 5.15 Å². The third kappa shape index (κ3) is 4.47. The van der Waals surface area contributed by atoms with Crippen LogP contribution in [0.4, 0.5) is 0 Å². The number of aliphatic imine (C=N–C) groups is 1. The van der Waals surface area contributed by atoms with Gasteiger partial charge in [0, 0.05) is 25.9 Å².